The van der Waals surface area contributed by atoms with Gasteiger partial charge in [-0.3, -0.25) is 21.4 Å². The number of nitrogens with one attached hydrogen (secondary N) is 1. The molecule has 0 saturated heterocycles. The van der Waals surface area contributed by atoms with Crippen LogP contribution in [-0.2, 0) is 6.54 Å². The van der Waals surface area contributed by atoms with E-state index in [4.69, 9.17) is 11.5 Å². The van der Waals surface area contributed by atoms with Gasteiger partial charge >= 0.3 is 5.96 Å². The summed E-state index contributed by atoms with van der Waals surface area (Å²) in [5.41, 5.74) is 13.0. The van der Waals surface area contributed by atoms with Gasteiger partial charge in [-0.1, -0.05) is 6.07 Å². The number of fused-ring (bicyclic) bond motifs is 1. The molecular weight excluding hydrogens is 216 g/mol. The summed E-state index contributed by atoms with van der Waals surface area (Å²) in [6.07, 6.45) is 1.65. The highest BCUT2D eigenvalue weighted by atomic mass is 16.3. The number of hydrogen-bond acceptors (Lipinski definition) is 2. The first-order chi connectivity index (χ1) is 8.09. The molecule has 5 heteroatoms. The smallest absolute Gasteiger partial charge is 0.339 e. The van der Waals surface area contributed by atoms with Crippen LogP contribution in [0.3, 0.4) is 0 Å². The van der Waals surface area contributed by atoms with Crippen molar-refractivity contribution >= 4 is 16.9 Å². The van der Waals surface area contributed by atoms with E-state index < -0.39 is 0 Å². The fraction of sp³-hybridized carbons (Fsp3) is 0.167. The number of benzene rings is 1. The topological polar surface area (TPSA) is 99.1 Å². The molecule has 1 heterocycles. The van der Waals surface area contributed by atoms with Gasteiger partial charge in [0, 0.05) is 17.1 Å². The van der Waals surface area contributed by atoms with Gasteiger partial charge in [0.15, 0.2) is 0 Å². The monoisotopic (exact) mass is 231 g/mol. The first kappa shape index (κ1) is 11.2. The number of nitrogens with two attached hydrogens (primary N) is 2. The molecule has 0 unspecified atom stereocenters. The molecule has 88 valence electrons. The van der Waals surface area contributed by atoms with Crippen molar-refractivity contribution in [3.05, 3.63) is 35.5 Å². The quantitative estimate of drug-likeness (QED) is 0.398. The molecule has 0 spiro atoms. The van der Waals surface area contributed by atoms with E-state index in [1.807, 2.05) is 25.1 Å². The van der Waals surface area contributed by atoms with E-state index in [2.05, 4.69) is 9.98 Å². The Kier molecular flexibility index (Phi) is 2.82. The lowest BCUT2D eigenvalue weighted by atomic mass is 10.0. The van der Waals surface area contributed by atoms with E-state index in [-0.39, 0.29) is 11.7 Å². The molecular formula is C12H15N4O+. The second-order valence-corrected chi connectivity index (χ2v) is 3.91. The maximum Gasteiger partial charge on any atom is 0.339 e. The Balaban J connectivity index is 2.59. The van der Waals surface area contributed by atoms with Crippen LogP contribution in [0.4, 0.5) is 0 Å². The third-order valence-corrected chi connectivity index (χ3v) is 2.63. The molecule has 1 aromatic carbocycles. The lowest BCUT2D eigenvalue weighted by molar-refractivity contribution is -0.477. The van der Waals surface area contributed by atoms with Crippen LogP contribution >= 0.6 is 0 Å². The van der Waals surface area contributed by atoms with Gasteiger partial charge in [0.1, 0.15) is 11.3 Å². The maximum absolute atomic E-state index is 10.1. The molecule has 0 atom stereocenters. The Morgan fingerprint density at radius 1 is 1.47 bits per heavy atom. The van der Waals surface area contributed by atoms with Gasteiger partial charge in [-0.15, -0.1) is 0 Å². The van der Waals surface area contributed by atoms with Gasteiger partial charge in [-0.25, -0.2) is 0 Å². The molecule has 0 fully saturated rings. The lowest BCUT2D eigenvalue weighted by Gasteiger charge is -2.07. The first-order valence-electron chi connectivity index (χ1n) is 5.27. The van der Waals surface area contributed by atoms with Gasteiger partial charge in [-0.05, 0) is 24.6 Å². The summed E-state index contributed by atoms with van der Waals surface area (Å²) in [6, 6.07) is 5.67. The van der Waals surface area contributed by atoms with E-state index in [1.54, 1.807) is 6.20 Å². The van der Waals surface area contributed by atoms with E-state index in [0.29, 0.717) is 12.1 Å². The summed E-state index contributed by atoms with van der Waals surface area (Å²) >= 11 is 0. The highest BCUT2D eigenvalue weighted by molar-refractivity contribution is 5.88. The average Bonchev–Trinajstić information content (AvgIpc) is 2.32. The minimum Gasteiger partial charge on any atom is -0.505 e. The molecule has 2 rings (SSSR count). The van der Waals surface area contributed by atoms with E-state index in [1.165, 1.54) is 0 Å². The third-order valence-electron chi connectivity index (χ3n) is 2.63. The summed E-state index contributed by atoms with van der Waals surface area (Å²) in [6.45, 7) is 2.35. The van der Waals surface area contributed by atoms with Gasteiger partial charge in [-0.2, -0.15) is 0 Å². The van der Waals surface area contributed by atoms with Gasteiger partial charge in [0.05, 0.1) is 6.54 Å². The molecule has 0 amide bonds. The number of pyridine rings is 1. The minimum atomic E-state index is 0.128. The Labute approximate surface area is 98.8 Å². The van der Waals surface area contributed by atoms with Crippen LogP contribution in [0, 0.1) is 6.92 Å². The Morgan fingerprint density at radius 3 is 2.94 bits per heavy atom. The normalized spacial score (nSPS) is 10.4. The van der Waals surface area contributed by atoms with Crippen molar-refractivity contribution in [2.75, 3.05) is 0 Å². The van der Waals surface area contributed by atoms with Gasteiger partial charge in [0.2, 0.25) is 0 Å². The molecule has 0 saturated carbocycles. The maximum atomic E-state index is 10.1. The Morgan fingerprint density at radius 2 is 2.24 bits per heavy atom. The third kappa shape index (κ3) is 2.13. The Bertz CT molecular complexity index is 588. The molecule has 0 aliphatic rings. The number of aryl methyl sites for hydroxylation is 1. The van der Waals surface area contributed by atoms with Crippen molar-refractivity contribution in [1.29, 1.82) is 0 Å². The van der Waals surface area contributed by atoms with E-state index in [9.17, 15) is 5.11 Å². The van der Waals surface area contributed by atoms with Crippen LogP contribution in [0.25, 0.3) is 10.9 Å². The van der Waals surface area contributed by atoms with Gasteiger partial charge < -0.3 is 5.11 Å². The zero-order chi connectivity index (χ0) is 12.4. The number of aromatic nitrogens is 1. The number of phenols is 1. The molecule has 0 aliphatic carbocycles. The second kappa shape index (κ2) is 4.29. The van der Waals surface area contributed by atoms with Crippen LogP contribution < -0.4 is 16.5 Å². The minimum absolute atomic E-state index is 0.128. The first-order valence-corrected chi connectivity index (χ1v) is 5.27. The van der Waals surface area contributed by atoms with Crippen LogP contribution in [0.5, 0.6) is 5.75 Å². The summed E-state index contributed by atoms with van der Waals surface area (Å²) in [5.74, 6) is 0.295. The molecule has 6 N–H and O–H groups in total. The summed E-state index contributed by atoms with van der Waals surface area (Å²) in [7, 11) is 0. The van der Waals surface area contributed by atoms with Crippen LogP contribution in [0.2, 0.25) is 0 Å². The molecule has 0 radical (unpaired) electrons. The second-order valence-electron chi connectivity index (χ2n) is 3.91. The van der Waals surface area contributed by atoms with Crippen molar-refractivity contribution in [2.45, 2.75) is 13.5 Å². The largest absolute Gasteiger partial charge is 0.505 e. The summed E-state index contributed by atoms with van der Waals surface area (Å²) in [5, 5.41) is 11.0. The Hall–Kier alpha value is -2.30. The predicted octanol–water partition coefficient (Wildman–Crippen LogP) is -0.897. The average molecular weight is 231 g/mol. The number of aromatic hydroxyl groups is 1. The fourth-order valence-electron chi connectivity index (χ4n) is 1.80. The van der Waals surface area contributed by atoms with E-state index >= 15 is 0 Å². The molecule has 1 aromatic heterocycles. The number of rotatable bonds is 2. The SMILES string of the molecule is Cc1cc(C[NH+]=C(N)N)c(O)c2ncccc12. The van der Waals surface area contributed by atoms with Crippen molar-refractivity contribution in [3.63, 3.8) is 0 Å². The van der Waals surface area contributed by atoms with Gasteiger partial charge in [0.25, 0.3) is 0 Å². The standard InChI is InChI=1S/C12H14N4O/c1-7-5-8(6-16-12(13)14)11(17)10-9(7)3-2-4-15-10/h2-5,17H,6H2,1H3,(H4,13,14,16)/p+1. The van der Waals surface area contributed by atoms with Crippen LogP contribution in [-0.4, -0.2) is 16.1 Å². The molecule has 0 aliphatic heterocycles. The number of hydrogen-bond donors (Lipinski definition) is 4. The molecule has 17 heavy (non-hydrogen) atoms. The van der Waals surface area contributed by atoms with Crippen molar-refractivity contribution in [3.8, 4) is 5.75 Å². The predicted molar refractivity (Wildman–Crippen MR) is 66.2 cm³/mol. The molecule has 2 aromatic rings. The highest BCUT2D eigenvalue weighted by Crippen LogP contribution is 2.28. The van der Waals surface area contributed by atoms with Crippen molar-refractivity contribution in [2.24, 2.45) is 11.5 Å². The summed E-state index contributed by atoms with van der Waals surface area (Å²) < 4.78 is 0. The van der Waals surface area contributed by atoms with Crippen LogP contribution in [0.15, 0.2) is 24.4 Å². The van der Waals surface area contributed by atoms with Crippen LogP contribution in [0.1, 0.15) is 11.1 Å². The zero-order valence-corrected chi connectivity index (χ0v) is 9.57. The number of phenolic OH excluding ortho intramolecular Hbond substituents is 1. The lowest BCUT2D eigenvalue weighted by Crippen LogP contribution is -2.76. The number of guanidine groups is 1. The fourth-order valence-corrected chi connectivity index (χ4v) is 1.80. The van der Waals surface area contributed by atoms with Crippen molar-refractivity contribution < 1.29 is 10.1 Å². The highest BCUT2D eigenvalue weighted by Gasteiger charge is 2.10. The number of nitrogens with zero attached hydrogens (tertiary/aromatic N) is 1. The molecule has 5 nitrogen and oxygen atoms in total. The zero-order valence-electron chi connectivity index (χ0n) is 9.57. The van der Waals surface area contributed by atoms with E-state index in [0.717, 1.165) is 16.5 Å². The summed E-state index contributed by atoms with van der Waals surface area (Å²) in [4.78, 5) is 6.96. The van der Waals surface area contributed by atoms with Crippen molar-refractivity contribution in [1.82, 2.24) is 4.98 Å². The molecule has 0 bridgehead atoms.